The van der Waals surface area contributed by atoms with Gasteiger partial charge in [-0.1, -0.05) is 78.9 Å². The van der Waals surface area contributed by atoms with Crippen LogP contribution in [0, 0.1) is 5.92 Å². The van der Waals surface area contributed by atoms with E-state index in [1.165, 1.54) is 5.19 Å². The second-order valence-electron chi connectivity index (χ2n) is 17.6. The molecule has 1 fully saturated rings. The molecule has 4 atom stereocenters. The van der Waals surface area contributed by atoms with Gasteiger partial charge in [-0.3, -0.25) is 28.9 Å². The van der Waals surface area contributed by atoms with Crippen LogP contribution in [0.3, 0.4) is 0 Å². The fourth-order valence-electron chi connectivity index (χ4n) is 10.5. The molecule has 1 aromatic heterocycles. The van der Waals surface area contributed by atoms with Gasteiger partial charge < -0.3 is 29.0 Å². The number of amides is 3. The number of fused-ring (bicyclic) bond motifs is 4. The Morgan fingerprint density at radius 2 is 1.43 bits per heavy atom. The molecule has 0 aliphatic carbocycles. The average Bonchev–Trinajstić information content (AvgIpc) is 3.97. The number of para-hydroxylation sites is 4. The minimum atomic E-state index is -2.50. The number of aliphatic hydroxyl groups excluding tert-OH is 1. The van der Waals surface area contributed by atoms with Crippen LogP contribution in [0.4, 0.5) is 28.4 Å². The number of carbonyl (C=O) groups excluding carboxylic acids is 3. The Hall–Kier alpha value is -6.81. The number of benzene rings is 5. The highest BCUT2D eigenvalue weighted by molar-refractivity contribution is 6.91. The van der Waals surface area contributed by atoms with Gasteiger partial charge in [-0.25, -0.2) is 0 Å². The lowest BCUT2D eigenvalue weighted by Crippen LogP contribution is -2.51. The average molecular weight is 891 g/mol. The maximum Gasteiger partial charge on any atom is 0.269 e. The highest BCUT2D eigenvalue weighted by Gasteiger charge is 2.66. The van der Waals surface area contributed by atoms with Crippen molar-refractivity contribution in [1.82, 2.24) is 15.0 Å². The topological polar surface area (TPSA) is 149 Å². The van der Waals surface area contributed by atoms with Crippen LogP contribution >= 0.6 is 0 Å². The van der Waals surface area contributed by atoms with Crippen LogP contribution < -0.4 is 34.1 Å². The molecule has 0 unspecified atom stereocenters. The number of carbonyl (C=O) groups is 3. The fourth-order valence-corrected chi connectivity index (χ4v) is 14.6. The normalized spacial score (nSPS) is 21.3. The molecule has 0 radical (unpaired) electrons. The molecule has 5 aromatic carbocycles. The van der Waals surface area contributed by atoms with Gasteiger partial charge in [0, 0.05) is 48.6 Å². The van der Waals surface area contributed by atoms with Crippen LogP contribution in [0.1, 0.15) is 30.2 Å². The Morgan fingerprint density at radius 3 is 2.08 bits per heavy atom. The summed E-state index contributed by atoms with van der Waals surface area (Å²) in [7, 11) is -0.846. The Labute approximate surface area is 377 Å². The van der Waals surface area contributed by atoms with Crippen molar-refractivity contribution in [1.29, 1.82) is 0 Å². The van der Waals surface area contributed by atoms with Crippen molar-refractivity contribution >= 4 is 59.4 Å². The number of ether oxygens (including phenoxy) is 4. The van der Waals surface area contributed by atoms with Gasteiger partial charge in [0.1, 0.15) is 17.2 Å². The molecule has 0 saturated carbocycles. The van der Waals surface area contributed by atoms with E-state index in [9.17, 15) is 14.7 Å². The van der Waals surface area contributed by atoms with Crippen LogP contribution in [0.2, 0.25) is 18.6 Å². The van der Waals surface area contributed by atoms with Crippen LogP contribution in [-0.4, -0.2) is 78.9 Å². The first-order chi connectivity index (χ1) is 31.5. The SMILES string of the molecule is COc1ccc([Si](C)(C)[C@@H]2[C@@H](CCn3cc(CCO)nn3)O[C@]3(C(=O)N(Cc4ccc(N5C(=O)COc6ccccc65)cc4)c4ccc(N5C(=O)COc6ccccc65)cc43)[C@H]2C)cc1. The monoisotopic (exact) mass is 890 g/mol. The summed E-state index contributed by atoms with van der Waals surface area (Å²) in [5, 5.41) is 19.4. The number of hydrogen-bond acceptors (Lipinski definition) is 10. The van der Waals surface area contributed by atoms with Gasteiger partial charge in [-0.05, 0) is 84.3 Å². The molecule has 5 heterocycles. The molecule has 0 bridgehead atoms. The summed E-state index contributed by atoms with van der Waals surface area (Å²) in [4.78, 5) is 47.9. The predicted octanol–water partition coefficient (Wildman–Crippen LogP) is 6.79. The largest absolute Gasteiger partial charge is 0.497 e. The minimum absolute atomic E-state index is 0.0257. The highest BCUT2D eigenvalue weighted by Crippen LogP contribution is 2.61. The van der Waals surface area contributed by atoms with E-state index in [4.69, 9.17) is 18.9 Å². The first-order valence-corrected chi connectivity index (χ1v) is 25.1. The van der Waals surface area contributed by atoms with Crippen LogP contribution in [0.25, 0.3) is 0 Å². The molecular weight excluding hydrogens is 841 g/mol. The summed E-state index contributed by atoms with van der Waals surface area (Å²) in [5.74, 6) is 1.11. The molecule has 1 spiro atoms. The molecule has 4 aliphatic rings. The molecule has 332 valence electrons. The van der Waals surface area contributed by atoms with E-state index < -0.39 is 13.7 Å². The van der Waals surface area contributed by atoms with Gasteiger partial charge in [0.15, 0.2) is 18.8 Å². The standard InChI is InChI=1S/C50H50N6O8Si/c1-32-48(65(3,4)38-20-18-37(61-2)19-21-38)45(23-25-53-29-34(24-26-57)51-52-53)64-50(32)39-27-36(56-42-10-6-8-12-44(42)63-31-47(56)59)17-22-40(39)54(49(50)60)28-33-13-15-35(16-14-33)55-41-9-5-7-11-43(41)62-30-46(55)58/h5-22,27,29,32,45,48,57H,23-26,28,30-31H2,1-4H3/t32-,45+,48-,50+/m0/s1. The van der Waals surface area contributed by atoms with E-state index in [-0.39, 0.29) is 61.6 Å². The summed E-state index contributed by atoms with van der Waals surface area (Å²) in [6, 6.07) is 36.7. The summed E-state index contributed by atoms with van der Waals surface area (Å²) < 4.78 is 26.3. The van der Waals surface area contributed by atoms with Gasteiger partial charge in [0.25, 0.3) is 17.7 Å². The van der Waals surface area contributed by atoms with E-state index in [1.807, 2.05) is 114 Å². The van der Waals surface area contributed by atoms with Crippen molar-refractivity contribution in [3.05, 3.63) is 138 Å². The summed E-state index contributed by atoms with van der Waals surface area (Å²) in [6.07, 6.45) is 2.43. The lowest BCUT2D eigenvalue weighted by Gasteiger charge is -2.37. The number of nitrogens with zero attached hydrogens (tertiary/aromatic N) is 6. The van der Waals surface area contributed by atoms with E-state index in [2.05, 4.69) is 42.5 Å². The van der Waals surface area contributed by atoms with Crippen molar-refractivity contribution in [3.63, 3.8) is 0 Å². The smallest absolute Gasteiger partial charge is 0.269 e. The number of anilines is 5. The molecule has 1 N–H and O–H groups in total. The Morgan fingerprint density at radius 1 is 0.800 bits per heavy atom. The molecular formula is C50H50N6O8Si. The Kier molecular flexibility index (Phi) is 10.8. The summed E-state index contributed by atoms with van der Waals surface area (Å²) in [6.45, 7) is 7.35. The Balaban J connectivity index is 1.07. The van der Waals surface area contributed by atoms with Gasteiger partial charge in [-0.15, -0.1) is 5.10 Å². The highest BCUT2D eigenvalue weighted by atomic mass is 28.3. The molecule has 4 aliphatic heterocycles. The van der Waals surface area contributed by atoms with E-state index in [0.717, 1.165) is 11.3 Å². The lowest BCUT2D eigenvalue weighted by molar-refractivity contribution is -0.146. The molecule has 10 rings (SSSR count). The van der Waals surface area contributed by atoms with E-state index in [1.54, 1.807) is 21.6 Å². The van der Waals surface area contributed by atoms with Crippen molar-refractivity contribution < 1.29 is 38.4 Å². The van der Waals surface area contributed by atoms with Crippen molar-refractivity contribution in [2.24, 2.45) is 5.92 Å². The van der Waals surface area contributed by atoms with Crippen LogP contribution in [-0.2, 0) is 44.2 Å². The zero-order valence-corrected chi connectivity index (χ0v) is 37.7. The van der Waals surface area contributed by atoms with Crippen LogP contribution in [0.5, 0.6) is 17.2 Å². The van der Waals surface area contributed by atoms with Crippen molar-refractivity contribution in [2.75, 3.05) is 41.6 Å². The van der Waals surface area contributed by atoms with Crippen molar-refractivity contribution in [3.8, 4) is 17.2 Å². The summed E-state index contributed by atoms with van der Waals surface area (Å²) >= 11 is 0. The zero-order chi connectivity index (χ0) is 45.0. The molecule has 3 amide bonds. The third-order valence-corrected chi connectivity index (χ3v) is 18.0. The quantitative estimate of drug-likeness (QED) is 0.130. The number of hydrogen-bond donors (Lipinski definition) is 1. The maximum absolute atomic E-state index is 15.8. The zero-order valence-electron chi connectivity index (χ0n) is 36.7. The van der Waals surface area contributed by atoms with Crippen molar-refractivity contribution in [2.45, 2.75) is 63.2 Å². The minimum Gasteiger partial charge on any atom is -0.497 e. The number of aromatic nitrogens is 3. The summed E-state index contributed by atoms with van der Waals surface area (Å²) in [5.41, 5.74) is 4.09. The van der Waals surface area contributed by atoms with E-state index in [0.29, 0.717) is 70.6 Å². The number of rotatable bonds is 12. The molecule has 65 heavy (non-hydrogen) atoms. The second-order valence-corrected chi connectivity index (χ2v) is 22.3. The first kappa shape index (κ1) is 42.2. The van der Waals surface area contributed by atoms with E-state index >= 15 is 4.79 Å². The second kappa shape index (κ2) is 16.6. The third kappa shape index (κ3) is 7.14. The van der Waals surface area contributed by atoms with Gasteiger partial charge in [0.2, 0.25) is 0 Å². The predicted molar refractivity (Wildman–Crippen MR) is 247 cm³/mol. The Bertz CT molecular complexity index is 2800. The fraction of sp³-hybridized carbons (Fsp3) is 0.300. The molecule has 1 saturated heterocycles. The molecule has 6 aromatic rings. The van der Waals surface area contributed by atoms with Gasteiger partial charge in [-0.2, -0.15) is 0 Å². The molecule has 15 heteroatoms. The third-order valence-electron chi connectivity index (χ3n) is 13.6. The lowest BCUT2D eigenvalue weighted by atomic mass is 9.82. The van der Waals surface area contributed by atoms with Crippen LogP contribution in [0.15, 0.2) is 121 Å². The first-order valence-electron chi connectivity index (χ1n) is 22.0. The number of methoxy groups -OCH3 is 1. The van der Waals surface area contributed by atoms with Gasteiger partial charge in [0.05, 0.1) is 50.6 Å². The van der Waals surface area contributed by atoms with Gasteiger partial charge >= 0.3 is 0 Å². The number of aryl methyl sites for hydroxylation is 1. The maximum atomic E-state index is 15.8. The number of aliphatic hydroxyl groups is 1. The molecule has 14 nitrogen and oxygen atoms in total.